The van der Waals surface area contributed by atoms with Gasteiger partial charge in [0.2, 0.25) is 0 Å². The van der Waals surface area contributed by atoms with Crippen LogP contribution in [0.15, 0.2) is 54.7 Å². The zero-order valence-electron chi connectivity index (χ0n) is 14.4. The van der Waals surface area contributed by atoms with Crippen molar-refractivity contribution >= 4 is 23.1 Å². The average molecular weight is 365 g/mol. The van der Waals surface area contributed by atoms with Crippen molar-refractivity contribution in [2.45, 2.75) is 6.92 Å². The SMILES string of the molecule is COc1cccc(-c2cnn3c(N)c(-c4cccc(Cl)c4)c(C)nc23)c1. The number of hydrogen-bond acceptors (Lipinski definition) is 4. The number of nitrogens with zero attached hydrogens (tertiary/aromatic N) is 3. The molecule has 4 rings (SSSR count). The molecule has 2 N–H and O–H groups in total. The fourth-order valence-corrected chi connectivity index (χ4v) is 3.32. The first kappa shape index (κ1) is 16.4. The number of nitrogens with two attached hydrogens (primary N) is 1. The molecule has 5 nitrogen and oxygen atoms in total. The summed E-state index contributed by atoms with van der Waals surface area (Å²) in [7, 11) is 1.65. The van der Waals surface area contributed by atoms with Crippen molar-refractivity contribution in [2.75, 3.05) is 12.8 Å². The van der Waals surface area contributed by atoms with Gasteiger partial charge in [0.15, 0.2) is 5.65 Å². The Morgan fingerprint density at radius 1 is 1.08 bits per heavy atom. The first-order valence-electron chi connectivity index (χ1n) is 8.12. The van der Waals surface area contributed by atoms with E-state index in [1.165, 1.54) is 0 Å². The quantitative estimate of drug-likeness (QED) is 0.576. The number of hydrogen-bond donors (Lipinski definition) is 1. The van der Waals surface area contributed by atoms with Crippen LogP contribution in [0.25, 0.3) is 27.9 Å². The van der Waals surface area contributed by atoms with Crippen LogP contribution in [0, 0.1) is 6.92 Å². The van der Waals surface area contributed by atoms with Crippen LogP contribution in [-0.2, 0) is 0 Å². The lowest BCUT2D eigenvalue weighted by Crippen LogP contribution is -2.05. The molecular weight excluding hydrogens is 348 g/mol. The van der Waals surface area contributed by atoms with Crippen LogP contribution in [-0.4, -0.2) is 21.7 Å². The molecule has 0 bridgehead atoms. The zero-order chi connectivity index (χ0) is 18.3. The summed E-state index contributed by atoms with van der Waals surface area (Å²) >= 11 is 6.13. The van der Waals surface area contributed by atoms with E-state index < -0.39 is 0 Å². The highest BCUT2D eigenvalue weighted by atomic mass is 35.5. The van der Waals surface area contributed by atoms with Gasteiger partial charge in [-0.3, -0.25) is 0 Å². The lowest BCUT2D eigenvalue weighted by atomic mass is 10.0. The molecule has 0 atom stereocenters. The van der Waals surface area contributed by atoms with Crippen molar-refractivity contribution in [1.82, 2.24) is 14.6 Å². The fourth-order valence-electron chi connectivity index (χ4n) is 3.13. The number of rotatable bonds is 3. The van der Waals surface area contributed by atoms with Gasteiger partial charge in [-0.1, -0.05) is 35.9 Å². The lowest BCUT2D eigenvalue weighted by Gasteiger charge is -2.12. The Bertz CT molecular complexity index is 1120. The minimum absolute atomic E-state index is 0.531. The molecule has 0 fully saturated rings. The van der Waals surface area contributed by atoms with Crippen molar-refractivity contribution in [3.63, 3.8) is 0 Å². The number of fused-ring (bicyclic) bond motifs is 1. The summed E-state index contributed by atoms with van der Waals surface area (Å²) < 4.78 is 6.98. The topological polar surface area (TPSA) is 65.4 Å². The normalized spacial score (nSPS) is 11.0. The predicted octanol–water partition coefficient (Wildman–Crippen LogP) is 4.62. The molecular formula is C20H17ClN4O. The molecule has 0 aliphatic rings. The molecule has 0 radical (unpaired) electrons. The van der Waals surface area contributed by atoms with Crippen LogP contribution >= 0.6 is 11.6 Å². The number of aromatic nitrogens is 3. The van der Waals surface area contributed by atoms with Gasteiger partial charge in [-0.05, 0) is 42.3 Å². The molecule has 0 saturated carbocycles. The molecule has 26 heavy (non-hydrogen) atoms. The summed E-state index contributed by atoms with van der Waals surface area (Å²) in [5, 5.41) is 5.11. The van der Waals surface area contributed by atoms with E-state index >= 15 is 0 Å². The minimum Gasteiger partial charge on any atom is -0.497 e. The van der Waals surface area contributed by atoms with Gasteiger partial charge in [-0.25, -0.2) is 4.98 Å². The largest absolute Gasteiger partial charge is 0.497 e. The van der Waals surface area contributed by atoms with Crippen LogP contribution in [0.1, 0.15) is 5.69 Å². The highest BCUT2D eigenvalue weighted by Gasteiger charge is 2.17. The third-order valence-corrected chi connectivity index (χ3v) is 4.59. The number of ether oxygens (including phenoxy) is 1. The van der Waals surface area contributed by atoms with Gasteiger partial charge in [0.05, 0.1) is 19.0 Å². The summed E-state index contributed by atoms with van der Waals surface area (Å²) in [5.41, 5.74) is 11.6. The van der Waals surface area contributed by atoms with E-state index in [1.54, 1.807) is 17.8 Å². The first-order valence-corrected chi connectivity index (χ1v) is 8.50. The van der Waals surface area contributed by atoms with Gasteiger partial charge < -0.3 is 10.5 Å². The Labute approximate surface area is 156 Å². The number of nitrogen functional groups attached to an aromatic ring is 1. The molecule has 4 aromatic rings. The molecule has 2 aromatic heterocycles. The first-order chi connectivity index (χ1) is 12.6. The van der Waals surface area contributed by atoms with E-state index in [2.05, 4.69) is 5.10 Å². The monoisotopic (exact) mass is 364 g/mol. The van der Waals surface area contributed by atoms with Gasteiger partial charge in [-0.15, -0.1) is 0 Å². The molecule has 2 heterocycles. The second kappa shape index (κ2) is 6.35. The highest BCUT2D eigenvalue weighted by molar-refractivity contribution is 6.30. The zero-order valence-corrected chi connectivity index (χ0v) is 15.2. The van der Waals surface area contributed by atoms with E-state index in [9.17, 15) is 0 Å². The highest BCUT2D eigenvalue weighted by Crippen LogP contribution is 2.34. The van der Waals surface area contributed by atoms with E-state index in [4.69, 9.17) is 27.1 Å². The molecule has 0 amide bonds. The Morgan fingerprint density at radius 3 is 2.62 bits per heavy atom. The van der Waals surface area contributed by atoms with Gasteiger partial charge in [0.1, 0.15) is 11.6 Å². The summed E-state index contributed by atoms with van der Waals surface area (Å²) in [5.74, 6) is 1.31. The molecule has 0 saturated heterocycles. The van der Waals surface area contributed by atoms with Crippen LogP contribution in [0.4, 0.5) is 5.82 Å². The Balaban J connectivity index is 1.93. The van der Waals surface area contributed by atoms with Gasteiger partial charge >= 0.3 is 0 Å². The number of anilines is 1. The van der Waals surface area contributed by atoms with Crippen molar-refractivity contribution < 1.29 is 4.74 Å². The van der Waals surface area contributed by atoms with E-state index in [1.807, 2.05) is 55.5 Å². The molecule has 0 spiro atoms. The second-order valence-electron chi connectivity index (χ2n) is 5.99. The van der Waals surface area contributed by atoms with E-state index in [-0.39, 0.29) is 0 Å². The Hall–Kier alpha value is -3.05. The summed E-state index contributed by atoms with van der Waals surface area (Å²) in [6, 6.07) is 15.4. The standard InChI is InChI=1S/C20H17ClN4O/c1-12-18(14-6-3-7-15(21)9-14)19(22)25-20(24-12)17(11-23-25)13-5-4-8-16(10-13)26-2/h3-11H,22H2,1-2H3. The Kier molecular flexibility index (Phi) is 4.01. The molecule has 130 valence electrons. The molecule has 0 aliphatic heterocycles. The van der Waals surface area contributed by atoms with Crippen molar-refractivity contribution in [3.8, 4) is 28.0 Å². The molecule has 6 heteroatoms. The maximum Gasteiger partial charge on any atom is 0.165 e. The molecule has 0 unspecified atom stereocenters. The summed E-state index contributed by atoms with van der Waals surface area (Å²) in [4.78, 5) is 4.77. The predicted molar refractivity (Wildman–Crippen MR) is 105 cm³/mol. The lowest BCUT2D eigenvalue weighted by molar-refractivity contribution is 0.415. The van der Waals surface area contributed by atoms with Crippen molar-refractivity contribution in [2.24, 2.45) is 0 Å². The average Bonchev–Trinajstić information content (AvgIpc) is 3.06. The molecule has 2 aromatic carbocycles. The molecule has 0 aliphatic carbocycles. The van der Waals surface area contributed by atoms with Crippen molar-refractivity contribution in [3.05, 3.63) is 65.4 Å². The summed E-state index contributed by atoms with van der Waals surface area (Å²) in [6.45, 7) is 1.94. The number of benzene rings is 2. The van der Waals surface area contributed by atoms with E-state index in [0.717, 1.165) is 33.7 Å². The van der Waals surface area contributed by atoms with Gasteiger partial charge in [0.25, 0.3) is 0 Å². The van der Waals surface area contributed by atoms with E-state index in [0.29, 0.717) is 16.5 Å². The van der Waals surface area contributed by atoms with Crippen molar-refractivity contribution in [1.29, 1.82) is 0 Å². The maximum absolute atomic E-state index is 6.44. The number of aryl methyl sites for hydroxylation is 1. The van der Waals surface area contributed by atoms with Crippen LogP contribution in [0.2, 0.25) is 5.02 Å². The van der Waals surface area contributed by atoms with Crippen LogP contribution in [0.5, 0.6) is 5.75 Å². The minimum atomic E-state index is 0.531. The fraction of sp³-hybridized carbons (Fsp3) is 0.100. The smallest absolute Gasteiger partial charge is 0.165 e. The third-order valence-electron chi connectivity index (χ3n) is 4.36. The van der Waals surface area contributed by atoms with Crippen LogP contribution < -0.4 is 10.5 Å². The summed E-state index contributed by atoms with van der Waals surface area (Å²) in [6.07, 6.45) is 1.77. The van der Waals surface area contributed by atoms with Crippen LogP contribution in [0.3, 0.4) is 0 Å². The number of methoxy groups -OCH3 is 1. The van der Waals surface area contributed by atoms with Gasteiger partial charge in [-0.2, -0.15) is 9.61 Å². The van der Waals surface area contributed by atoms with Gasteiger partial charge in [0, 0.05) is 16.1 Å². The Morgan fingerprint density at radius 2 is 1.85 bits per heavy atom. The number of halogens is 1. The third kappa shape index (κ3) is 2.66. The second-order valence-corrected chi connectivity index (χ2v) is 6.43. The maximum atomic E-state index is 6.44.